The summed E-state index contributed by atoms with van der Waals surface area (Å²) >= 11 is 0. The second kappa shape index (κ2) is 2.80. The quantitative estimate of drug-likeness (QED) is 0.435. The fraction of sp³-hybridized carbons (Fsp3) is 0.700. The minimum atomic E-state index is 0.677. The first kappa shape index (κ1) is 7.08. The molecule has 3 atom stereocenters. The average molecular weight is 150 g/mol. The van der Waals surface area contributed by atoms with Crippen molar-refractivity contribution >= 4 is 6.29 Å². The van der Waals surface area contributed by atoms with E-state index >= 15 is 0 Å². The third kappa shape index (κ3) is 1.24. The molecular formula is C10H14O. The maximum Gasteiger partial charge on any atom is 0.120 e. The summed E-state index contributed by atoms with van der Waals surface area (Å²) in [5.41, 5.74) is 0. The number of carbonyl (C=O) groups excluding carboxylic acids is 1. The number of hydrogen-bond donors (Lipinski definition) is 0. The molecule has 0 saturated heterocycles. The zero-order chi connectivity index (χ0) is 7.68. The van der Waals surface area contributed by atoms with Gasteiger partial charge < -0.3 is 4.79 Å². The van der Waals surface area contributed by atoms with Gasteiger partial charge in [0, 0.05) is 6.42 Å². The van der Waals surface area contributed by atoms with Crippen LogP contribution in [0.4, 0.5) is 0 Å². The van der Waals surface area contributed by atoms with E-state index < -0.39 is 0 Å². The summed E-state index contributed by atoms with van der Waals surface area (Å²) in [6, 6.07) is 0. The highest BCUT2D eigenvalue weighted by molar-refractivity contribution is 5.50. The van der Waals surface area contributed by atoms with Gasteiger partial charge in [0.1, 0.15) is 6.29 Å². The standard InChI is InChI=1S/C10H14O/c11-6-5-10-7-8-1-3-9(10)4-2-8/h1,3,6,8-10H,2,4-5,7H2. The van der Waals surface area contributed by atoms with E-state index in [1.165, 1.54) is 19.3 Å². The maximum absolute atomic E-state index is 10.3. The van der Waals surface area contributed by atoms with Gasteiger partial charge in [0.2, 0.25) is 0 Å². The van der Waals surface area contributed by atoms with Crippen LogP contribution in [0.1, 0.15) is 25.7 Å². The lowest BCUT2D eigenvalue weighted by Gasteiger charge is -2.37. The summed E-state index contributed by atoms with van der Waals surface area (Å²) in [6.07, 6.45) is 10.5. The van der Waals surface area contributed by atoms with Gasteiger partial charge in [-0.15, -0.1) is 0 Å². The molecule has 0 aromatic rings. The van der Waals surface area contributed by atoms with E-state index in [1.807, 2.05) is 0 Å². The summed E-state index contributed by atoms with van der Waals surface area (Å²) < 4.78 is 0. The van der Waals surface area contributed by atoms with E-state index in [4.69, 9.17) is 0 Å². The Morgan fingerprint density at radius 1 is 1.36 bits per heavy atom. The van der Waals surface area contributed by atoms with Gasteiger partial charge in [0.05, 0.1) is 0 Å². The van der Waals surface area contributed by atoms with Crippen LogP contribution in [0.15, 0.2) is 12.2 Å². The Balaban J connectivity index is 2.05. The largest absolute Gasteiger partial charge is 0.303 e. The topological polar surface area (TPSA) is 17.1 Å². The van der Waals surface area contributed by atoms with E-state index in [-0.39, 0.29) is 0 Å². The predicted molar refractivity (Wildman–Crippen MR) is 44.1 cm³/mol. The molecule has 1 heteroatoms. The number of fused-ring (bicyclic) bond motifs is 2. The van der Waals surface area contributed by atoms with E-state index in [0.29, 0.717) is 5.92 Å². The Labute approximate surface area is 67.5 Å². The smallest absolute Gasteiger partial charge is 0.120 e. The molecule has 3 unspecified atom stereocenters. The van der Waals surface area contributed by atoms with Crippen molar-refractivity contribution in [3.63, 3.8) is 0 Å². The van der Waals surface area contributed by atoms with Crippen molar-refractivity contribution in [3.05, 3.63) is 12.2 Å². The van der Waals surface area contributed by atoms with Crippen LogP contribution in [0.2, 0.25) is 0 Å². The van der Waals surface area contributed by atoms with Gasteiger partial charge in [-0.2, -0.15) is 0 Å². The molecule has 3 rings (SSSR count). The van der Waals surface area contributed by atoms with E-state index in [2.05, 4.69) is 12.2 Å². The Bertz CT molecular complexity index is 183. The summed E-state index contributed by atoms with van der Waals surface area (Å²) in [4.78, 5) is 10.3. The zero-order valence-electron chi connectivity index (χ0n) is 6.70. The SMILES string of the molecule is O=CCC1CC2C=CC1CC2. The van der Waals surface area contributed by atoms with Crippen LogP contribution in [0, 0.1) is 17.8 Å². The molecule has 1 saturated carbocycles. The molecule has 0 N–H and O–H groups in total. The van der Waals surface area contributed by atoms with Crippen molar-refractivity contribution in [2.24, 2.45) is 17.8 Å². The van der Waals surface area contributed by atoms with Crippen LogP contribution in [0.25, 0.3) is 0 Å². The van der Waals surface area contributed by atoms with Gasteiger partial charge in [0.25, 0.3) is 0 Å². The van der Waals surface area contributed by atoms with Crippen LogP contribution in [-0.4, -0.2) is 6.29 Å². The molecule has 0 aromatic carbocycles. The molecule has 3 aliphatic rings. The zero-order valence-corrected chi connectivity index (χ0v) is 6.70. The van der Waals surface area contributed by atoms with Crippen molar-refractivity contribution in [1.82, 2.24) is 0 Å². The summed E-state index contributed by atoms with van der Waals surface area (Å²) in [7, 11) is 0. The molecule has 0 spiro atoms. The second-order valence-electron chi connectivity index (χ2n) is 3.78. The molecule has 0 radical (unpaired) electrons. The lowest BCUT2D eigenvalue weighted by atomic mass is 9.68. The fourth-order valence-electron chi connectivity index (χ4n) is 2.45. The van der Waals surface area contributed by atoms with Crippen LogP contribution in [0.3, 0.4) is 0 Å². The van der Waals surface area contributed by atoms with Gasteiger partial charge in [-0.25, -0.2) is 0 Å². The number of hydrogen-bond acceptors (Lipinski definition) is 1. The number of carbonyl (C=O) groups is 1. The highest BCUT2D eigenvalue weighted by Crippen LogP contribution is 2.41. The van der Waals surface area contributed by atoms with Gasteiger partial charge >= 0.3 is 0 Å². The van der Waals surface area contributed by atoms with Crippen molar-refractivity contribution in [3.8, 4) is 0 Å². The average Bonchev–Trinajstić information content (AvgIpc) is 2.07. The molecule has 0 amide bonds. The Morgan fingerprint density at radius 3 is 2.73 bits per heavy atom. The first-order valence-corrected chi connectivity index (χ1v) is 4.52. The van der Waals surface area contributed by atoms with Crippen molar-refractivity contribution < 1.29 is 4.79 Å². The molecule has 0 aromatic heterocycles. The summed E-state index contributed by atoms with van der Waals surface area (Å²) in [5, 5.41) is 0. The molecule has 0 aliphatic heterocycles. The van der Waals surface area contributed by atoms with Crippen LogP contribution in [-0.2, 0) is 4.79 Å². The lowest BCUT2D eigenvalue weighted by Crippen LogP contribution is -2.27. The van der Waals surface area contributed by atoms with E-state index in [9.17, 15) is 4.79 Å². The Hall–Kier alpha value is -0.590. The van der Waals surface area contributed by atoms with Gasteiger partial charge in [-0.05, 0) is 37.0 Å². The van der Waals surface area contributed by atoms with Crippen LogP contribution >= 0.6 is 0 Å². The maximum atomic E-state index is 10.3. The van der Waals surface area contributed by atoms with Gasteiger partial charge in [-0.1, -0.05) is 12.2 Å². The highest BCUT2D eigenvalue weighted by atomic mass is 16.1. The summed E-state index contributed by atoms with van der Waals surface area (Å²) in [5.74, 6) is 2.20. The normalized spacial score (nSPS) is 40.9. The predicted octanol–water partition coefficient (Wildman–Crippen LogP) is 2.18. The molecule has 1 fully saturated rings. The Morgan fingerprint density at radius 2 is 2.27 bits per heavy atom. The minimum Gasteiger partial charge on any atom is -0.303 e. The second-order valence-corrected chi connectivity index (χ2v) is 3.78. The highest BCUT2D eigenvalue weighted by Gasteiger charge is 2.30. The molecule has 0 heterocycles. The third-order valence-electron chi connectivity index (χ3n) is 3.11. The molecule has 1 nitrogen and oxygen atoms in total. The number of allylic oxidation sites excluding steroid dienone is 2. The van der Waals surface area contributed by atoms with Gasteiger partial charge in [-0.3, -0.25) is 0 Å². The van der Waals surface area contributed by atoms with Crippen molar-refractivity contribution in [1.29, 1.82) is 0 Å². The lowest BCUT2D eigenvalue weighted by molar-refractivity contribution is -0.109. The first-order chi connectivity index (χ1) is 5.40. The van der Waals surface area contributed by atoms with Crippen LogP contribution < -0.4 is 0 Å². The molecular weight excluding hydrogens is 136 g/mol. The van der Waals surface area contributed by atoms with Crippen molar-refractivity contribution in [2.75, 3.05) is 0 Å². The minimum absolute atomic E-state index is 0.677. The molecule has 60 valence electrons. The monoisotopic (exact) mass is 150 g/mol. The molecule has 2 bridgehead atoms. The number of aldehydes is 1. The molecule has 3 aliphatic carbocycles. The van der Waals surface area contributed by atoms with Gasteiger partial charge in [0.15, 0.2) is 0 Å². The third-order valence-corrected chi connectivity index (χ3v) is 3.11. The first-order valence-electron chi connectivity index (χ1n) is 4.52. The molecule has 11 heavy (non-hydrogen) atoms. The summed E-state index contributed by atoms with van der Waals surface area (Å²) in [6.45, 7) is 0. The van der Waals surface area contributed by atoms with Crippen molar-refractivity contribution in [2.45, 2.75) is 25.7 Å². The van der Waals surface area contributed by atoms with E-state index in [0.717, 1.165) is 24.5 Å². The van der Waals surface area contributed by atoms with Crippen LogP contribution in [0.5, 0.6) is 0 Å². The van der Waals surface area contributed by atoms with E-state index in [1.54, 1.807) is 0 Å². The fourth-order valence-corrected chi connectivity index (χ4v) is 2.45. The number of rotatable bonds is 2. The Kier molecular flexibility index (Phi) is 1.80.